The van der Waals surface area contributed by atoms with Gasteiger partial charge in [0, 0.05) is 5.92 Å². The van der Waals surface area contributed by atoms with E-state index in [1.54, 1.807) is 0 Å². The number of hydrogen-bond donors (Lipinski definition) is 2. The van der Waals surface area contributed by atoms with E-state index >= 15 is 0 Å². The van der Waals surface area contributed by atoms with Crippen LogP contribution in [0.15, 0.2) is 54.6 Å². The smallest absolute Gasteiger partial charge is 0.240 e. The Morgan fingerprint density at radius 1 is 1.00 bits per heavy atom. The SMILES string of the molecule is CC(C)C(=O)NCc1nc2ccccc2n1CC(=O)NC(C)c1ccccc1. The maximum Gasteiger partial charge on any atom is 0.240 e. The molecule has 0 saturated heterocycles. The molecule has 1 aromatic heterocycles. The summed E-state index contributed by atoms with van der Waals surface area (Å²) in [5, 5.41) is 5.92. The monoisotopic (exact) mass is 378 g/mol. The number of benzene rings is 2. The molecule has 1 atom stereocenters. The molecule has 2 aromatic carbocycles. The lowest BCUT2D eigenvalue weighted by Gasteiger charge is -2.16. The second kappa shape index (κ2) is 8.69. The van der Waals surface area contributed by atoms with Gasteiger partial charge in [0.25, 0.3) is 0 Å². The van der Waals surface area contributed by atoms with Crippen LogP contribution in [-0.2, 0) is 22.7 Å². The number of amides is 2. The number of para-hydroxylation sites is 2. The largest absolute Gasteiger partial charge is 0.349 e. The topological polar surface area (TPSA) is 76.0 Å². The van der Waals surface area contributed by atoms with E-state index in [4.69, 9.17) is 0 Å². The van der Waals surface area contributed by atoms with Crippen molar-refractivity contribution in [3.63, 3.8) is 0 Å². The van der Waals surface area contributed by atoms with Crippen molar-refractivity contribution in [2.24, 2.45) is 5.92 Å². The number of carbonyl (C=O) groups is 2. The molecule has 0 aliphatic carbocycles. The van der Waals surface area contributed by atoms with Crippen molar-refractivity contribution in [2.75, 3.05) is 0 Å². The van der Waals surface area contributed by atoms with Crippen LogP contribution in [0.1, 0.15) is 38.2 Å². The summed E-state index contributed by atoms with van der Waals surface area (Å²) in [6.07, 6.45) is 0. The van der Waals surface area contributed by atoms with Crippen molar-refractivity contribution in [3.8, 4) is 0 Å². The van der Waals surface area contributed by atoms with Crippen LogP contribution >= 0.6 is 0 Å². The third-order valence-corrected chi connectivity index (χ3v) is 4.66. The Hall–Kier alpha value is -3.15. The minimum atomic E-state index is -0.104. The van der Waals surface area contributed by atoms with Crippen molar-refractivity contribution < 1.29 is 9.59 Å². The molecule has 0 aliphatic rings. The first-order chi connectivity index (χ1) is 13.5. The lowest BCUT2D eigenvalue weighted by Crippen LogP contribution is -2.32. The average Bonchev–Trinajstić information content (AvgIpc) is 3.04. The molecule has 6 nitrogen and oxygen atoms in total. The van der Waals surface area contributed by atoms with Crippen LogP contribution in [-0.4, -0.2) is 21.4 Å². The maximum absolute atomic E-state index is 12.7. The molecule has 0 aliphatic heterocycles. The molecule has 3 aromatic rings. The Balaban J connectivity index is 1.77. The fourth-order valence-electron chi connectivity index (χ4n) is 3.06. The van der Waals surface area contributed by atoms with Crippen LogP contribution in [0, 0.1) is 5.92 Å². The van der Waals surface area contributed by atoms with Gasteiger partial charge in [-0.1, -0.05) is 56.3 Å². The number of nitrogens with zero attached hydrogens (tertiary/aromatic N) is 2. The highest BCUT2D eigenvalue weighted by Gasteiger charge is 2.16. The van der Waals surface area contributed by atoms with E-state index in [1.807, 2.05) is 79.9 Å². The highest BCUT2D eigenvalue weighted by atomic mass is 16.2. The number of aromatic nitrogens is 2. The van der Waals surface area contributed by atoms with Crippen LogP contribution in [0.5, 0.6) is 0 Å². The first-order valence-corrected chi connectivity index (χ1v) is 9.52. The number of rotatable bonds is 7. The van der Waals surface area contributed by atoms with Crippen LogP contribution in [0.4, 0.5) is 0 Å². The lowest BCUT2D eigenvalue weighted by atomic mass is 10.1. The molecule has 0 spiro atoms. The minimum absolute atomic E-state index is 0.0410. The van der Waals surface area contributed by atoms with Gasteiger partial charge in [0.05, 0.1) is 23.6 Å². The van der Waals surface area contributed by atoms with E-state index in [0.29, 0.717) is 5.82 Å². The lowest BCUT2D eigenvalue weighted by molar-refractivity contribution is -0.124. The van der Waals surface area contributed by atoms with Gasteiger partial charge in [-0.05, 0) is 24.6 Å². The Labute approximate surface area is 165 Å². The maximum atomic E-state index is 12.7. The van der Waals surface area contributed by atoms with Gasteiger partial charge >= 0.3 is 0 Å². The molecule has 0 bridgehead atoms. The van der Waals surface area contributed by atoms with Crippen molar-refractivity contribution >= 4 is 22.8 Å². The summed E-state index contributed by atoms with van der Waals surface area (Å²) in [7, 11) is 0. The Morgan fingerprint density at radius 3 is 2.39 bits per heavy atom. The molecule has 0 saturated carbocycles. The summed E-state index contributed by atoms with van der Waals surface area (Å²) >= 11 is 0. The quantitative estimate of drug-likeness (QED) is 0.663. The molecule has 28 heavy (non-hydrogen) atoms. The molecule has 1 heterocycles. The van der Waals surface area contributed by atoms with Gasteiger partial charge in [-0.3, -0.25) is 9.59 Å². The summed E-state index contributed by atoms with van der Waals surface area (Å²) in [5.74, 6) is 0.419. The van der Waals surface area contributed by atoms with Gasteiger partial charge in [-0.25, -0.2) is 4.98 Å². The summed E-state index contributed by atoms with van der Waals surface area (Å²) in [5.41, 5.74) is 2.73. The second-order valence-electron chi connectivity index (χ2n) is 7.18. The van der Waals surface area contributed by atoms with Crippen LogP contribution in [0.2, 0.25) is 0 Å². The van der Waals surface area contributed by atoms with Crippen LogP contribution in [0.3, 0.4) is 0 Å². The third kappa shape index (κ3) is 4.57. The minimum Gasteiger partial charge on any atom is -0.349 e. The van der Waals surface area contributed by atoms with Crippen LogP contribution < -0.4 is 10.6 Å². The molecule has 0 radical (unpaired) electrons. The summed E-state index contributed by atoms with van der Waals surface area (Å²) < 4.78 is 1.86. The number of fused-ring (bicyclic) bond motifs is 1. The Bertz CT molecular complexity index is 963. The predicted octanol–water partition coefficient (Wildman–Crippen LogP) is 3.19. The van der Waals surface area contributed by atoms with E-state index in [0.717, 1.165) is 16.6 Å². The predicted molar refractivity (Wildman–Crippen MR) is 109 cm³/mol. The molecule has 3 rings (SSSR count). The first kappa shape index (κ1) is 19.6. The van der Waals surface area contributed by atoms with Gasteiger partial charge < -0.3 is 15.2 Å². The fourth-order valence-corrected chi connectivity index (χ4v) is 3.06. The molecular weight excluding hydrogens is 352 g/mol. The number of nitrogens with one attached hydrogen (secondary N) is 2. The number of hydrogen-bond acceptors (Lipinski definition) is 3. The van der Waals surface area contributed by atoms with Crippen LogP contribution in [0.25, 0.3) is 11.0 Å². The molecule has 146 valence electrons. The second-order valence-corrected chi connectivity index (χ2v) is 7.18. The van der Waals surface area contributed by atoms with E-state index in [1.165, 1.54) is 0 Å². The highest BCUT2D eigenvalue weighted by Crippen LogP contribution is 2.17. The normalized spacial score (nSPS) is 12.1. The van der Waals surface area contributed by atoms with Crippen molar-refractivity contribution in [2.45, 2.75) is 39.9 Å². The van der Waals surface area contributed by atoms with Crippen molar-refractivity contribution in [1.82, 2.24) is 20.2 Å². The molecule has 6 heteroatoms. The van der Waals surface area contributed by atoms with Gasteiger partial charge in [-0.15, -0.1) is 0 Å². The average molecular weight is 378 g/mol. The zero-order chi connectivity index (χ0) is 20.1. The third-order valence-electron chi connectivity index (χ3n) is 4.66. The summed E-state index contributed by atoms with van der Waals surface area (Å²) in [4.78, 5) is 29.2. The molecule has 2 N–H and O–H groups in total. The van der Waals surface area contributed by atoms with Gasteiger partial charge in [0.2, 0.25) is 11.8 Å². The van der Waals surface area contributed by atoms with E-state index < -0.39 is 0 Å². The number of imidazole rings is 1. The zero-order valence-corrected chi connectivity index (χ0v) is 16.5. The Kier molecular flexibility index (Phi) is 6.09. The van der Waals surface area contributed by atoms with Crippen molar-refractivity contribution in [1.29, 1.82) is 0 Å². The number of carbonyl (C=O) groups excluding carboxylic acids is 2. The molecule has 2 amide bonds. The van der Waals surface area contributed by atoms with Gasteiger partial charge in [0.1, 0.15) is 12.4 Å². The standard InChI is InChI=1S/C22H26N4O2/c1-15(2)22(28)23-13-20-25-18-11-7-8-12-19(18)26(20)14-21(27)24-16(3)17-9-5-4-6-10-17/h4-12,15-16H,13-14H2,1-3H3,(H,23,28)(H,24,27). The highest BCUT2D eigenvalue weighted by molar-refractivity contribution is 5.82. The molecule has 1 unspecified atom stereocenters. The van der Waals surface area contributed by atoms with E-state index in [2.05, 4.69) is 15.6 Å². The van der Waals surface area contributed by atoms with Crippen molar-refractivity contribution in [3.05, 3.63) is 66.0 Å². The van der Waals surface area contributed by atoms with Gasteiger partial charge in [-0.2, -0.15) is 0 Å². The Morgan fingerprint density at radius 2 is 1.68 bits per heavy atom. The van der Waals surface area contributed by atoms with E-state index in [-0.39, 0.29) is 36.9 Å². The first-order valence-electron chi connectivity index (χ1n) is 9.52. The molecular formula is C22H26N4O2. The zero-order valence-electron chi connectivity index (χ0n) is 16.5. The summed E-state index contributed by atoms with van der Waals surface area (Å²) in [6.45, 7) is 6.08. The van der Waals surface area contributed by atoms with Gasteiger partial charge in [0.15, 0.2) is 0 Å². The fraction of sp³-hybridized carbons (Fsp3) is 0.318. The molecule has 0 fully saturated rings. The van der Waals surface area contributed by atoms with E-state index in [9.17, 15) is 9.59 Å². The summed E-state index contributed by atoms with van der Waals surface area (Å²) in [6, 6.07) is 17.4.